The summed E-state index contributed by atoms with van der Waals surface area (Å²) in [6, 6.07) is 11.3. The number of carbonyl (C=O) groups is 1. The molecule has 242 valence electrons. The Morgan fingerprint density at radius 1 is 1.24 bits per heavy atom. The predicted molar refractivity (Wildman–Crippen MR) is 181 cm³/mol. The van der Waals surface area contributed by atoms with E-state index in [1.165, 1.54) is 11.1 Å². The highest BCUT2D eigenvalue weighted by atomic mass is 35.5. The second-order valence-electron chi connectivity index (χ2n) is 12.8. The van der Waals surface area contributed by atoms with Crippen LogP contribution in [0.1, 0.15) is 79.8 Å². The lowest BCUT2D eigenvalue weighted by molar-refractivity contribution is 0.0456. The minimum atomic E-state index is -4.05. The highest BCUT2D eigenvalue weighted by molar-refractivity contribution is 7.93. The van der Waals surface area contributed by atoms with E-state index in [9.17, 15) is 18.3 Å². The Kier molecular flexibility index (Phi) is 10.5. The maximum atomic E-state index is 13.3. The van der Waals surface area contributed by atoms with Crippen LogP contribution < -0.4 is 14.4 Å². The number of sulfonamides is 1. The van der Waals surface area contributed by atoms with Crippen molar-refractivity contribution in [3.63, 3.8) is 0 Å². The van der Waals surface area contributed by atoms with E-state index < -0.39 is 22.0 Å². The molecule has 0 bridgehead atoms. The van der Waals surface area contributed by atoms with E-state index in [4.69, 9.17) is 16.3 Å². The molecule has 7 nitrogen and oxygen atoms in total. The Morgan fingerprint density at radius 3 is 2.80 bits per heavy atom. The van der Waals surface area contributed by atoms with Gasteiger partial charge in [0.15, 0.2) is 0 Å². The van der Waals surface area contributed by atoms with Gasteiger partial charge in [-0.1, -0.05) is 55.8 Å². The molecular formula is C36H45ClN2O5S. The van der Waals surface area contributed by atoms with Gasteiger partial charge in [-0.3, -0.25) is 4.79 Å². The average Bonchev–Trinajstić information content (AvgIpc) is 3.14. The Balaban J connectivity index is 1.47. The number of rotatable bonds is 12. The Hall–Kier alpha value is -3.07. The van der Waals surface area contributed by atoms with Crippen LogP contribution >= 0.6 is 11.6 Å². The van der Waals surface area contributed by atoms with Crippen LogP contribution in [0.3, 0.4) is 0 Å². The molecule has 9 heteroatoms. The van der Waals surface area contributed by atoms with Crippen LogP contribution in [-0.4, -0.2) is 45.2 Å². The van der Waals surface area contributed by atoms with Crippen molar-refractivity contribution in [2.75, 3.05) is 24.6 Å². The van der Waals surface area contributed by atoms with Gasteiger partial charge in [0.2, 0.25) is 0 Å². The van der Waals surface area contributed by atoms with Crippen LogP contribution in [0.4, 0.5) is 5.69 Å². The second kappa shape index (κ2) is 14.1. The summed E-state index contributed by atoms with van der Waals surface area (Å²) >= 11 is 6.40. The van der Waals surface area contributed by atoms with Crippen LogP contribution in [0.15, 0.2) is 72.7 Å². The van der Waals surface area contributed by atoms with Crippen molar-refractivity contribution in [1.82, 2.24) is 4.72 Å². The predicted octanol–water partition coefficient (Wildman–Crippen LogP) is 7.10. The van der Waals surface area contributed by atoms with E-state index in [-0.39, 0.29) is 34.1 Å². The SMILES string of the molecule is C=CCCC(=C)S(=O)(=O)NC(=O)c1ccc2c(c1)N(C[C@@H]1CC[C@H]1[C@@H](O)/C=C/CCC)C[C@@]1(CCCc3cc(Cl)ccc31)CO2. The molecule has 0 unspecified atom stereocenters. The zero-order chi connectivity index (χ0) is 32.2. The molecule has 5 rings (SSSR count). The van der Waals surface area contributed by atoms with E-state index in [2.05, 4.69) is 47.9 Å². The molecule has 0 aromatic heterocycles. The van der Waals surface area contributed by atoms with Gasteiger partial charge >= 0.3 is 0 Å². The van der Waals surface area contributed by atoms with Crippen molar-refractivity contribution in [2.45, 2.75) is 76.2 Å². The molecule has 0 radical (unpaired) electrons. The smallest absolute Gasteiger partial charge is 0.265 e. The van der Waals surface area contributed by atoms with Gasteiger partial charge in [0.25, 0.3) is 15.9 Å². The molecule has 2 N–H and O–H groups in total. The zero-order valence-electron chi connectivity index (χ0n) is 26.1. The molecule has 1 heterocycles. The average molecular weight is 653 g/mol. The van der Waals surface area contributed by atoms with E-state index in [1.807, 2.05) is 12.1 Å². The minimum Gasteiger partial charge on any atom is -0.490 e. The number of hydrogen-bond acceptors (Lipinski definition) is 6. The van der Waals surface area contributed by atoms with Gasteiger partial charge in [-0.2, -0.15) is 0 Å². The fourth-order valence-electron chi connectivity index (χ4n) is 7.01. The van der Waals surface area contributed by atoms with E-state index >= 15 is 0 Å². The third-order valence-electron chi connectivity index (χ3n) is 9.69. The summed E-state index contributed by atoms with van der Waals surface area (Å²) in [4.78, 5) is 15.5. The van der Waals surface area contributed by atoms with Gasteiger partial charge in [-0.15, -0.1) is 6.58 Å². The lowest BCUT2D eigenvalue weighted by atomic mass is 9.68. The molecule has 4 atom stereocenters. The fourth-order valence-corrected chi connectivity index (χ4v) is 8.09. The molecule has 1 fully saturated rings. The number of halogens is 1. The Bertz CT molecular complexity index is 1570. The molecule has 1 saturated carbocycles. The topological polar surface area (TPSA) is 95.9 Å². The van der Waals surface area contributed by atoms with Gasteiger partial charge in [0.1, 0.15) is 5.75 Å². The molecule has 1 spiro atoms. The first-order valence-corrected chi connectivity index (χ1v) is 17.9. The summed E-state index contributed by atoms with van der Waals surface area (Å²) in [5.74, 6) is 0.347. The number of aliphatic hydroxyl groups is 1. The summed E-state index contributed by atoms with van der Waals surface area (Å²) < 4.78 is 34.4. The number of amides is 1. The van der Waals surface area contributed by atoms with Gasteiger partial charge in [-0.25, -0.2) is 13.1 Å². The first-order chi connectivity index (χ1) is 21.6. The first kappa shape index (κ1) is 33.3. The van der Waals surface area contributed by atoms with Crippen molar-refractivity contribution >= 4 is 33.2 Å². The monoisotopic (exact) mass is 652 g/mol. The quantitative estimate of drug-likeness (QED) is 0.238. The number of nitrogens with one attached hydrogen (secondary N) is 1. The van der Waals surface area contributed by atoms with Crippen LogP contribution in [0.2, 0.25) is 5.02 Å². The number of benzene rings is 2. The van der Waals surface area contributed by atoms with Crippen LogP contribution in [-0.2, 0) is 21.9 Å². The van der Waals surface area contributed by atoms with Crippen LogP contribution in [0, 0.1) is 11.8 Å². The van der Waals surface area contributed by atoms with Gasteiger partial charge in [0.05, 0.1) is 23.3 Å². The number of hydrogen-bond donors (Lipinski definition) is 2. The Morgan fingerprint density at radius 2 is 2.07 bits per heavy atom. The summed E-state index contributed by atoms with van der Waals surface area (Å²) in [7, 11) is -4.05. The van der Waals surface area contributed by atoms with Gasteiger partial charge in [-0.05, 0) is 105 Å². The van der Waals surface area contributed by atoms with E-state index in [1.54, 1.807) is 24.3 Å². The number of unbranched alkanes of at least 4 members (excludes halogenated alkanes) is 1. The number of allylic oxidation sites excluding steroid dienone is 3. The van der Waals surface area contributed by atoms with E-state index in [0.29, 0.717) is 31.9 Å². The second-order valence-corrected chi connectivity index (χ2v) is 15.0. The van der Waals surface area contributed by atoms with Gasteiger partial charge < -0.3 is 14.7 Å². The largest absolute Gasteiger partial charge is 0.490 e. The molecule has 2 aromatic rings. The molecule has 0 saturated heterocycles. The lowest BCUT2D eigenvalue weighted by Crippen LogP contribution is -2.49. The molecule has 1 aliphatic heterocycles. The number of carbonyl (C=O) groups excluding carboxylic acids is 1. The lowest BCUT2D eigenvalue weighted by Gasteiger charge is -2.45. The number of aliphatic hydroxyl groups excluding tert-OH is 1. The zero-order valence-corrected chi connectivity index (χ0v) is 27.7. The van der Waals surface area contributed by atoms with Crippen molar-refractivity contribution in [3.8, 4) is 5.75 Å². The minimum absolute atomic E-state index is 0.0592. The summed E-state index contributed by atoms with van der Waals surface area (Å²) in [6.07, 6.45) is 12.6. The number of fused-ring (bicyclic) bond motifs is 3. The summed E-state index contributed by atoms with van der Waals surface area (Å²) in [5, 5.41) is 11.7. The highest BCUT2D eigenvalue weighted by Gasteiger charge is 2.44. The number of ether oxygens (including phenoxy) is 1. The third kappa shape index (κ3) is 7.34. The summed E-state index contributed by atoms with van der Waals surface area (Å²) in [5.41, 5.74) is 3.17. The maximum Gasteiger partial charge on any atom is 0.265 e. The summed E-state index contributed by atoms with van der Waals surface area (Å²) in [6.45, 7) is 11.2. The first-order valence-electron chi connectivity index (χ1n) is 16.1. The number of anilines is 1. The van der Waals surface area contributed by atoms with Crippen molar-refractivity contribution < 1.29 is 23.1 Å². The standard InChI is InChI=1S/C36H45ClN2O5S/c1-4-6-8-12-33(40)30-16-13-28(30)22-39-23-36(19-9-11-26-20-29(37)15-17-31(26)36)24-44-34-18-14-27(21-32(34)39)35(41)38-45(42,43)25(3)10-7-5-2/h5,8,12,14-15,17-18,20-21,28,30,33,40H,2-4,6-7,9-11,13,16,19,22-24H2,1H3,(H,38,41)/b12-8+/t28-,30+,33-,36-/m0/s1. The molecule has 1 amide bonds. The molecule has 2 aliphatic carbocycles. The van der Waals surface area contributed by atoms with Crippen LogP contribution in [0.5, 0.6) is 5.75 Å². The van der Waals surface area contributed by atoms with Crippen molar-refractivity contribution in [2.24, 2.45) is 11.8 Å². The van der Waals surface area contributed by atoms with Crippen molar-refractivity contribution in [1.29, 1.82) is 0 Å². The fraction of sp³-hybridized carbons (Fsp3) is 0.472. The molecule has 45 heavy (non-hydrogen) atoms. The van der Waals surface area contributed by atoms with E-state index in [0.717, 1.165) is 55.7 Å². The number of aryl methyl sites for hydroxylation is 1. The maximum absolute atomic E-state index is 13.3. The van der Waals surface area contributed by atoms with Crippen molar-refractivity contribution in [3.05, 3.63) is 94.4 Å². The highest BCUT2D eigenvalue weighted by Crippen LogP contribution is 2.46. The normalized spacial score (nSPS) is 23.3. The van der Waals surface area contributed by atoms with Gasteiger partial charge in [0, 0.05) is 29.1 Å². The molecule has 3 aliphatic rings. The number of nitrogens with zero attached hydrogens (tertiary/aromatic N) is 1. The molecule has 2 aromatic carbocycles. The molecular weight excluding hydrogens is 608 g/mol. The van der Waals surface area contributed by atoms with Crippen LogP contribution in [0.25, 0.3) is 0 Å². The Labute approximate surface area is 273 Å². The third-order valence-corrected chi connectivity index (χ3v) is 11.3.